The second kappa shape index (κ2) is 3.25. The smallest absolute Gasteiger partial charge is 0.0167 e. The van der Waals surface area contributed by atoms with Crippen LogP contribution in [0, 0.1) is 5.41 Å². The van der Waals surface area contributed by atoms with Gasteiger partial charge in [0.1, 0.15) is 0 Å². The average Bonchev–Trinajstić information content (AvgIpc) is 2.00. The van der Waals surface area contributed by atoms with Gasteiger partial charge in [0.2, 0.25) is 0 Å². The summed E-state index contributed by atoms with van der Waals surface area (Å²) in [6.45, 7) is 10.7. The highest BCUT2D eigenvalue weighted by molar-refractivity contribution is 4.95. The van der Waals surface area contributed by atoms with Crippen LogP contribution in [0.4, 0.5) is 0 Å². The number of nitrogens with zero attached hydrogens (tertiary/aromatic N) is 1. The molecule has 1 N–H and O–H groups in total. The van der Waals surface area contributed by atoms with E-state index >= 15 is 0 Å². The molecule has 76 valence electrons. The molecule has 2 heteroatoms. The van der Waals surface area contributed by atoms with Gasteiger partial charge in [0.25, 0.3) is 0 Å². The highest BCUT2D eigenvalue weighted by Crippen LogP contribution is 2.42. The Bertz CT molecular complexity index is 181. The lowest BCUT2D eigenvalue weighted by Gasteiger charge is -2.50. The molecule has 13 heavy (non-hydrogen) atoms. The summed E-state index contributed by atoms with van der Waals surface area (Å²) in [5.74, 6) is 0. The minimum absolute atomic E-state index is 0.624. The van der Waals surface area contributed by atoms with Crippen LogP contribution in [-0.2, 0) is 0 Å². The van der Waals surface area contributed by atoms with Gasteiger partial charge < -0.3 is 5.32 Å². The predicted octanol–water partition coefficient (Wildman–Crippen LogP) is 1.47. The minimum atomic E-state index is 0.624. The molecular weight excluding hydrogens is 160 g/mol. The SMILES string of the molecule is CC1CN(C2CC(C)(C)C2)CCN1. The van der Waals surface area contributed by atoms with Crippen molar-refractivity contribution in [1.29, 1.82) is 0 Å². The zero-order valence-corrected chi connectivity index (χ0v) is 9.14. The molecule has 1 saturated carbocycles. The third-order valence-corrected chi connectivity index (χ3v) is 3.49. The van der Waals surface area contributed by atoms with Gasteiger partial charge in [0.15, 0.2) is 0 Å². The van der Waals surface area contributed by atoms with Crippen LogP contribution in [0.2, 0.25) is 0 Å². The molecule has 0 amide bonds. The van der Waals surface area contributed by atoms with Crippen LogP contribution in [-0.4, -0.2) is 36.6 Å². The van der Waals surface area contributed by atoms with Gasteiger partial charge in [-0.2, -0.15) is 0 Å². The van der Waals surface area contributed by atoms with Gasteiger partial charge in [-0.15, -0.1) is 0 Å². The van der Waals surface area contributed by atoms with Crippen molar-refractivity contribution in [2.45, 2.75) is 45.7 Å². The number of rotatable bonds is 1. The second-order valence-electron chi connectivity index (χ2n) is 5.58. The van der Waals surface area contributed by atoms with Crippen molar-refractivity contribution in [3.05, 3.63) is 0 Å². The molecule has 1 atom stereocenters. The van der Waals surface area contributed by atoms with Gasteiger partial charge in [0.05, 0.1) is 0 Å². The number of hydrogen-bond donors (Lipinski definition) is 1. The van der Waals surface area contributed by atoms with Gasteiger partial charge in [-0.3, -0.25) is 4.90 Å². The number of nitrogens with one attached hydrogen (secondary N) is 1. The van der Waals surface area contributed by atoms with Crippen LogP contribution < -0.4 is 5.32 Å². The van der Waals surface area contributed by atoms with Crippen molar-refractivity contribution >= 4 is 0 Å². The van der Waals surface area contributed by atoms with Crippen LogP contribution in [0.3, 0.4) is 0 Å². The van der Waals surface area contributed by atoms with Gasteiger partial charge in [0, 0.05) is 31.7 Å². The van der Waals surface area contributed by atoms with Crippen LogP contribution in [0.15, 0.2) is 0 Å². The summed E-state index contributed by atoms with van der Waals surface area (Å²) in [5, 5.41) is 3.49. The maximum Gasteiger partial charge on any atom is 0.0167 e. The molecule has 2 fully saturated rings. The van der Waals surface area contributed by atoms with Gasteiger partial charge in [-0.05, 0) is 25.2 Å². The van der Waals surface area contributed by atoms with Gasteiger partial charge >= 0.3 is 0 Å². The minimum Gasteiger partial charge on any atom is -0.312 e. The van der Waals surface area contributed by atoms with E-state index in [1.807, 2.05) is 0 Å². The van der Waals surface area contributed by atoms with Crippen LogP contribution in [0.1, 0.15) is 33.6 Å². The van der Waals surface area contributed by atoms with Crippen LogP contribution in [0.5, 0.6) is 0 Å². The topological polar surface area (TPSA) is 15.3 Å². The first-order valence-electron chi connectivity index (χ1n) is 5.54. The summed E-state index contributed by atoms with van der Waals surface area (Å²) < 4.78 is 0. The molecule has 1 unspecified atom stereocenters. The monoisotopic (exact) mass is 182 g/mol. The molecule has 0 spiro atoms. The first-order chi connectivity index (χ1) is 6.07. The molecule has 1 aliphatic heterocycles. The van der Waals surface area contributed by atoms with E-state index in [1.54, 1.807) is 0 Å². The van der Waals surface area contributed by atoms with E-state index in [0.717, 1.165) is 6.04 Å². The maximum absolute atomic E-state index is 3.49. The second-order valence-corrected chi connectivity index (χ2v) is 5.58. The molecule has 0 aromatic heterocycles. The summed E-state index contributed by atoms with van der Waals surface area (Å²) in [6, 6.07) is 1.58. The highest BCUT2D eigenvalue weighted by atomic mass is 15.2. The van der Waals surface area contributed by atoms with Crippen molar-refractivity contribution in [3.63, 3.8) is 0 Å². The largest absolute Gasteiger partial charge is 0.312 e. The quantitative estimate of drug-likeness (QED) is 0.660. The molecule has 2 aliphatic rings. The molecule has 0 bridgehead atoms. The summed E-state index contributed by atoms with van der Waals surface area (Å²) >= 11 is 0. The molecule has 2 nitrogen and oxygen atoms in total. The van der Waals surface area contributed by atoms with Gasteiger partial charge in [-0.1, -0.05) is 13.8 Å². The summed E-state index contributed by atoms with van der Waals surface area (Å²) in [5.41, 5.74) is 0.624. The van der Waals surface area contributed by atoms with E-state index in [0.29, 0.717) is 11.5 Å². The van der Waals surface area contributed by atoms with Gasteiger partial charge in [-0.25, -0.2) is 0 Å². The molecule has 0 aromatic rings. The Hall–Kier alpha value is -0.0800. The number of hydrogen-bond acceptors (Lipinski definition) is 2. The molecule has 0 radical (unpaired) electrons. The maximum atomic E-state index is 3.49. The zero-order valence-electron chi connectivity index (χ0n) is 9.14. The molecule has 1 aliphatic carbocycles. The Morgan fingerprint density at radius 1 is 1.31 bits per heavy atom. The Kier molecular flexibility index (Phi) is 2.37. The standard InChI is InChI=1S/C11H22N2/c1-9-8-13(5-4-12-9)10-6-11(2,3)7-10/h9-10,12H,4-8H2,1-3H3. The Labute approximate surface area is 81.7 Å². The molecule has 2 rings (SSSR count). The van der Waals surface area contributed by atoms with Crippen molar-refractivity contribution in [3.8, 4) is 0 Å². The predicted molar refractivity (Wildman–Crippen MR) is 55.8 cm³/mol. The van der Waals surface area contributed by atoms with Crippen molar-refractivity contribution < 1.29 is 0 Å². The highest BCUT2D eigenvalue weighted by Gasteiger charge is 2.39. The van der Waals surface area contributed by atoms with E-state index in [-0.39, 0.29) is 0 Å². The lowest BCUT2D eigenvalue weighted by atomic mass is 9.67. The average molecular weight is 182 g/mol. The molecule has 1 heterocycles. The lowest BCUT2D eigenvalue weighted by molar-refractivity contribution is 0.0113. The fourth-order valence-electron chi connectivity index (χ4n) is 2.77. The third kappa shape index (κ3) is 2.05. The van der Waals surface area contributed by atoms with Crippen molar-refractivity contribution in [1.82, 2.24) is 10.2 Å². The Morgan fingerprint density at radius 3 is 2.54 bits per heavy atom. The normalized spacial score (nSPS) is 35.8. The fraction of sp³-hybridized carbons (Fsp3) is 1.00. The van der Waals surface area contributed by atoms with Crippen molar-refractivity contribution in [2.24, 2.45) is 5.41 Å². The van der Waals surface area contributed by atoms with E-state index < -0.39 is 0 Å². The fourth-order valence-corrected chi connectivity index (χ4v) is 2.77. The summed E-state index contributed by atoms with van der Waals surface area (Å²) in [4.78, 5) is 2.67. The van der Waals surface area contributed by atoms with E-state index in [4.69, 9.17) is 0 Å². The Balaban J connectivity index is 1.82. The van der Waals surface area contributed by atoms with Crippen LogP contribution >= 0.6 is 0 Å². The van der Waals surface area contributed by atoms with Crippen LogP contribution in [0.25, 0.3) is 0 Å². The zero-order chi connectivity index (χ0) is 9.47. The van der Waals surface area contributed by atoms with Crippen molar-refractivity contribution in [2.75, 3.05) is 19.6 Å². The van der Waals surface area contributed by atoms with E-state index in [9.17, 15) is 0 Å². The third-order valence-electron chi connectivity index (χ3n) is 3.49. The first-order valence-corrected chi connectivity index (χ1v) is 5.54. The van der Waals surface area contributed by atoms with E-state index in [1.165, 1.54) is 32.5 Å². The summed E-state index contributed by atoms with van der Waals surface area (Å²) in [7, 11) is 0. The van der Waals surface area contributed by atoms with E-state index in [2.05, 4.69) is 31.0 Å². The summed E-state index contributed by atoms with van der Waals surface area (Å²) in [6.07, 6.45) is 2.80. The Morgan fingerprint density at radius 2 is 2.00 bits per heavy atom. The lowest BCUT2D eigenvalue weighted by Crippen LogP contribution is -2.57. The first kappa shape index (κ1) is 9.47. The molecule has 0 aromatic carbocycles. The number of piperazine rings is 1. The molecular formula is C11H22N2. The molecule has 1 saturated heterocycles.